The van der Waals surface area contributed by atoms with Gasteiger partial charge in [-0.25, -0.2) is 0 Å². The number of hydrogen-bond donors (Lipinski definition) is 2. The highest BCUT2D eigenvalue weighted by Gasteiger charge is 2.23. The van der Waals surface area contributed by atoms with Crippen molar-refractivity contribution < 1.29 is 9.90 Å². The Bertz CT molecular complexity index is 141. The summed E-state index contributed by atoms with van der Waals surface area (Å²) < 4.78 is -0.154. The molecule has 0 aromatic rings. The van der Waals surface area contributed by atoms with Gasteiger partial charge in [0.1, 0.15) is 0 Å². The highest BCUT2D eigenvalue weighted by Crippen LogP contribution is 2.28. The van der Waals surface area contributed by atoms with Crippen LogP contribution in [0.3, 0.4) is 0 Å². The zero-order valence-corrected chi connectivity index (χ0v) is 8.19. The third-order valence-corrected chi connectivity index (χ3v) is 2.83. The molecule has 1 N–H and O–H groups in total. The zero-order valence-electron chi connectivity index (χ0n) is 7.29. The molecular weight excluding hydrogens is 160 g/mol. The summed E-state index contributed by atoms with van der Waals surface area (Å²) in [5, 5.41) is 8.42. The summed E-state index contributed by atoms with van der Waals surface area (Å²) in [6.07, 6.45) is 0.835. The van der Waals surface area contributed by atoms with Crippen molar-refractivity contribution in [3.05, 3.63) is 0 Å². The second-order valence-corrected chi connectivity index (χ2v) is 4.43. The fourth-order valence-electron chi connectivity index (χ4n) is 0.649. The predicted molar refractivity (Wildman–Crippen MR) is 49.1 cm³/mol. The highest BCUT2D eigenvalue weighted by atomic mass is 32.1. The van der Waals surface area contributed by atoms with Gasteiger partial charge in [-0.1, -0.05) is 20.8 Å². The van der Waals surface area contributed by atoms with Gasteiger partial charge in [0.25, 0.3) is 0 Å². The van der Waals surface area contributed by atoms with Gasteiger partial charge in [-0.05, 0) is 12.3 Å². The summed E-state index contributed by atoms with van der Waals surface area (Å²) in [6, 6.07) is 0. The van der Waals surface area contributed by atoms with Crippen LogP contribution in [0.1, 0.15) is 33.6 Å². The van der Waals surface area contributed by atoms with Crippen molar-refractivity contribution in [2.45, 2.75) is 38.4 Å². The van der Waals surface area contributed by atoms with Crippen molar-refractivity contribution in [2.75, 3.05) is 0 Å². The summed E-state index contributed by atoms with van der Waals surface area (Å²) in [5.74, 6) is -0.337. The third-order valence-electron chi connectivity index (χ3n) is 2.09. The molecule has 0 fully saturated rings. The molecule has 0 rings (SSSR count). The van der Waals surface area contributed by atoms with Gasteiger partial charge in [0.05, 0.1) is 0 Å². The van der Waals surface area contributed by atoms with Gasteiger partial charge >= 0.3 is 5.97 Å². The molecule has 0 heterocycles. The van der Waals surface area contributed by atoms with E-state index in [1.807, 2.05) is 6.92 Å². The van der Waals surface area contributed by atoms with Crippen molar-refractivity contribution in [3.8, 4) is 0 Å². The first-order valence-electron chi connectivity index (χ1n) is 3.80. The number of carboxylic acid groups (broad SMARTS) is 1. The molecule has 11 heavy (non-hydrogen) atoms. The van der Waals surface area contributed by atoms with Crippen molar-refractivity contribution >= 4 is 18.6 Å². The monoisotopic (exact) mass is 176 g/mol. The van der Waals surface area contributed by atoms with Gasteiger partial charge in [-0.3, -0.25) is 4.79 Å². The smallest absolute Gasteiger partial charge is 0.303 e. The minimum Gasteiger partial charge on any atom is -0.481 e. The van der Waals surface area contributed by atoms with Crippen molar-refractivity contribution in [3.63, 3.8) is 0 Å². The first kappa shape index (κ1) is 10.8. The second kappa shape index (κ2) is 4.00. The van der Waals surface area contributed by atoms with Crippen LogP contribution in [0.25, 0.3) is 0 Å². The normalized spacial score (nSPS) is 16.5. The SMILES string of the molecule is CC(C)C(C)(S)CCC(=O)O. The Kier molecular flexibility index (Phi) is 3.93. The largest absolute Gasteiger partial charge is 0.481 e. The molecule has 0 bridgehead atoms. The number of thiol groups is 1. The molecule has 0 spiro atoms. The molecule has 0 aromatic carbocycles. The first-order chi connectivity index (χ1) is 4.86. The maximum absolute atomic E-state index is 10.2. The quantitative estimate of drug-likeness (QED) is 0.644. The van der Waals surface area contributed by atoms with Crippen LogP contribution in [0.15, 0.2) is 0 Å². The molecule has 66 valence electrons. The average Bonchev–Trinajstić information content (AvgIpc) is 1.84. The van der Waals surface area contributed by atoms with Crippen LogP contribution in [0.2, 0.25) is 0 Å². The maximum atomic E-state index is 10.2. The van der Waals surface area contributed by atoms with Gasteiger partial charge in [-0.2, -0.15) is 12.6 Å². The molecule has 0 saturated heterocycles. The average molecular weight is 176 g/mol. The number of carboxylic acids is 1. The molecule has 1 unspecified atom stereocenters. The van der Waals surface area contributed by atoms with Crippen LogP contribution in [0.5, 0.6) is 0 Å². The molecule has 3 heteroatoms. The molecule has 0 radical (unpaired) electrons. The van der Waals surface area contributed by atoms with Crippen LogP contribution in [0, 0.1) is 5.92 Å². The van der Waals surface area contributed by atoms with Crippen LogP contribution < -0.4 is 0 Å². The maximum Gasteiger partial charge on any atom is 0.303 e. The highest BCUT2D eigenvalue weighted by molar-refractivity contribution is 7.81. The minimum atomic E-state index is -0.745. The van der Waals surface area contributed by atoms with Crippen LogP contribution in [-0.2, 0) is 4.79 Å². The van der Waals surface area contributed by atoms with Gasteiger partial charge in [0.15, 0.2) is 0 Å². The van der Waals surface area contributed by atoms with Crippen LogP contribution in [-0.4, -0.2) is 15.8 Å². The van der Waals surface area contributed by atoms with Crippen LogP contribution >= 0.6 is 12.6 Å². The molecule has 0 aliphatic carbocycles. The molecule has 0 saturated carbocycles. The minimum absolute atomic E-state index is 0.154. The van der Waals surface area contributed by atoms with Gasteiger partial charge in [0.2, 0.25) is 0 Å². The molecule has 0 aliphatic heterocycles. The van der Waals surface area contributed by atoms with E-state index in [4.69, 9.17) is 5.11 Å². The van der Waals surface area contributed by atoms with E-state index in [1.165, 1.54) is 0 Å². The molecule has 0 aromatic heterocycles. The Balaban J connectivity index is 3.82. The lowest BCUT2D eigenvalue weighted by molar-refractivity contribution is -0.137. The number of rotatable bonds is 4. The Morgan fingerprint density at radius 1 is 1.64 bits per heavy atom. The summed E-state index contributed by atoms with van der Waals surface area (Å²) in [5.41, 5.74) is 0. The zero-order chi connectivity index (χ0) is 9.07. The van der Waals surface area contributed by atoms with Gasteiger partial charge in [0, 0.05) is 11.2 Å². The lowest BCUT2D eigenvalue weighted by Gasteiger charge is -2.27. The Morgan fingerprint density at radius 3 is 2.36 bits per heavy atom. The summed E-state index contributed by atoms with van der Waals surface area (Å²) in [7, 11) is 0. The number of carbonyl (C=O) groups is 1. The van der Waals surface area contributed by atoms with Crippen molar-refractivity contribution in [1.29, 1.82) is 0 Å². The van der Waals surface area contributed by atoms with Crippen molar-refractivity contribution in [2.24, 2.45) is 5.92 Å². The molecule has 0 aliphatic rings. The van der Waals surface area contributed by atoms with E-state index in [-0.39, 0.29) is 11.2 Å². The predicted octanol–water partition coefficient (Wildman–Crippen LogP) is 2.20. The molecular formula is C8H16O2S. The summed E-state index contributed by atoms with van der Waals surface area (Å²) in [4.78, 5) is 10.2. The number of hydrogen-bond acceptors (Lipinski definition) is 2. The second-order valence-electron chi connectivity index (χ2n) is 3.41. The Labute approximate surface area is 73.4 Å². The fraction of sp³-hybridized carbons (Fsp3) is 0.875. The fourth-order valence-corrected chi connectivity index (χ4v) is 0.760. The lowest BCUT2D eigenvalue weighted by Crippen LogP contribution is -2.25. The Hall–Kier alpha value is -0.180. The van der Waals surface area contributed by atoms with Crippen LogP contribution in [0.4, 0.5) is 0 Å². The lowest BCUT2D eigenvalue weighted by atomic mass is 9.92. The standard InChI is InChI=1S/C8H16O2S/c1-6(2)8(3,11)5-4-7(9)10/h6,11H,4-5H2,1-3H3,(H,9,10). The third kappa shape index (κ3) is 4.30. The van der Waals surface area contributed by atoms with Gasteiger partial charge < -0.3 is 5.11 Å². The molecule has 1 atom stereocenters. The van der Waals surface area contributed by atoms with E-state index in [0.717, 1.165) is 0 Å². The summed E-state index contributed by atoms with van der Waals surface area (Å²) in [6.45, 7) is 6.08. The summed E-state index contributed by atoms with van der Waals surface area (Å²) >= 11 is 4.39. The van der Waals surface area contributed by atoms with E-state index in [0.29, 0.717) is 12.3 Å². The van der Waals surface area contributed by atoms with E-state index in [2.05, 4.69) is 26.5 Å². The Morgan fingerprint density at radius 2 is 2.09 bits per heavy atom. The van der Waals surface area contributed by atoms with E-state index in [9.17, 15) is 4.79 Å². The number of aliphatic carboxylic acids is 1. The van der Waals surface area contributed by atoms with Crippen molar-refractivity contribution in [1.82, 2.24) is 0 Å². The van der Waals surface area contributed by atoms with E-state index in [1.54, 1.807) is 0 Å². The van der Waals surface area contributed by atoms with E-state index >= 15 is 0 Å². The van der Waals surface area contributed by atoms with Gasteiger partial charge in [-0.15, -0.1) is 0 Å². The topological polar surface area (TPSA) is 37.3 Å². The van der Waals surface area contributed by atoms with E-state index < -0.39 is 5.97 Å². The molecule has 2 nitrogen and oxygen atoms in total. The molecule has 0 amide bonds. The first-order valence-corrected chi connectivity index (χ1v) is 4.25.